The van der Waals surface area contributed by atoms with Crippen LogP contribution in [0.3, 0.4) is 0 Å². The number of alkyl halides is 1. The second kappa shape index (κ2) is 5.12. The topological polar surface area (TPSA) is 9.23 Å². The van der Waals surface area contributed by atoms with E-state index in [0.29, 0.717) is 5.75 Å². The quantitative estimate of drug-likeness (QED) is 0.752. The van der Waals surface area contributed by atoms with Crippen LogP contribution in [-0.2, 0) is 5.33 Å². The monoisotopic (exact) mass is 280 g/mol. The van der Waals surface area contributed by atoms with Gasteiger partial charge in [0, 0.05) is 5.33 Å². The Morgan fingerprint density at radius 3 is 2.62 bits per heavy atom. The smallest absolute Gasteiger partial charge is 0.165 e. The molecular formula is C13H10BrFO. The highest BCUT2D eigenvalue weighted by Gasteiger charge is 2.03. The number of para-hydroxylation sites is 1. The lowest BCUT2D eigenvalue weighted by Crippen LogP contribution is -1.88. The molecule has 0 spiro atoms. The van der Waals surface area contributed by atoms with Crippen molar-refractivity contribution in [2.24, 2.45) is 0 Å². The number of ether oxygens (including phenoxy) is 1. The van der Waals surface area contributed by atoms with Crippen molar-refractivity contribution >= 4 is 15.9 Å². The Morgan fingerprint density at radius 1 is 1.06 bits per heavy atom. The van der Waals surface area contributed by atoms with Gasteiger partial charge >= 0.3 is 0 Å². The van der Waals surface area contributed by atoms with Crippen LogP contribution in [0.15, 0.2) is 48.5 Å². The van der Waals surface area contributed by atoms with Crippen LogP contribution in [0.1, 0.15) is 5.56 Å². The molecule has 2 rings (SSSR count). The molecule has 16 heavy (non-hydrogen) atoms. The van der Waals surface area contributed by atoms with Crippen molar-refractivity contribution in [2.45, 2.75) is 5.33 Å². The molecule has 0 radical (unpaired) electrons. The third-order valence-electron chi connectivity index (χ3n) is 2.12. The highest BCUT2D eigenvalue weighted by atomic mass is 79.9. The van der Waals surface area contributed by atoms with E-state index >= 15 is 0 Å². The second-order valence-electron chi connectivity index (χ2n) is 3.31. The van der Waals surface area contributed by atoms with Gasteiger partial charge in [0.1, 0.15) is 5.75 Å². The summed E-state index contributed by atoms with van der Waals surface area (Å²) in [7, 11) is 0. The first-order chi connectivity index (χ1) is 7.79. The number of benzene rings is 2. The van der Waals surface area contributed by atoms with Gasteiger partial charge in [-0.15, -0.1) is 0 Å². The van der Waals surface area contributed by atoms with Gasteiger partial charge in [0.2, 0.25) is 0 Å². The summed E-state index contributed by atoms with van der Waals surface area (Å²) in [4.78, 5) is 0. The first kappa shape index (κ1) is 11.1. The lowest BCUT2D eigenvalue weighted by atomic mass is 10.2. The average Bonchev–Trinajstić information content (AvgIpc) is 2.32. The first-order valence-electron chi connectivity index (χ1n) is 4.87. The van der Waals surface area contributed by atoms with Crippen LogP contribution in [-0.4, -0.2) is 0 Å². The summed E-state index contributed by atoms with van der Waals surface area (Å²) in [6.07, 6.45) is 0. The first-order valence-corrected chi connectivity index (χ1v) is 5.99. The van der Waals surface area contributed by atoms with Crippen molar-refractivity contribution in [1.29, 1.82) is 0 Å². The molecule has 2 aromatic rings. The SMILES string of the molecule is Fc1ccccc1Oc1cccc(CBr)c1. The third-order valence-corrected chi connectivity index (χ3v) is 2.76. The lowest BCUT2D eigenvalue weighted by molar-refractivity contribution is 0.442. The molecular weight excluding hydrogens is 271 g/mol. The molecule has 3 heteroatoms. The van der Waals surface area contributed by atoms with E-state index in [1.807, 2.05) is 18.2 Å². The largest absolute Gasteiger partial charge is 0.454 e. The van der Waals surface area contributed by atoms with Gasteiger partial charge in [-0.3, -0.25) is 0 Å². The molecule has 82 valence electrons. The predicted molar refractivity (Wildman–Crippen MR) is 65.5 cm³/mol. The fraction of sp³-hybridized carbons (Fsp3) is 0.0769. The van der Waals surface area contributed by atoms with E-state index in [-0.39, 0.29) is 11.6 Å². The van der Waals surface area contributed by atoms with Crippen molar-refractivity contribution < 1.29 is 9.13 Å². The molecule has 0 amide bonds. The molecule has 2 aromatic carbocycles. The normalized spacial score (nSPS) is 10.1. The fourth-order valence-corrected chi connectivity index (χ4v) is 1.70. The van der Waals surface area contributed by atoms with E-state index in [1.54, 1.807) is 24.3 Å². The van der Waals surface area contributed by atoms with Gasteiger partial charge in [-0.1, -0.05) is 40.2 Å². The fourth-order valence-electron chi connectivity index (χ4n) is 1.35. The summed E-state index contributed by atoms with van der Waals surface area (Å²) in [5.74, 6) is 0.531. The second-order valence-corrected chi connectivity index (χ2v) is 3.87. The molecule has 0 aliphatic carbocycles. The van der Waals surface area contributed by atoms with E-state index < -0.39 is 0 Å². The number of hydrogen-bond donors (Lipinski definition) is 0. The summed E-state index contributed by atoms with van der Waals surface area (Å²) in [6.45, 7) is 0. The van der Waals surface area contributed by atoms with E-state index in [2.05, 4.69) is 15.9 Å². The maximum absolute atomic E-state index is 13.3. The minimum atomic E-state index is -0.355. The molecule has 0 heterocycles. The molecule has 0 unspecified atom stereocenters. The number of rotatable bonds is 3. The van der Waals surface area contributed by atoms with Crippen LogP contribution in [0.2, 0.25) is 0 Å². The van der Waals surface area contributed by atoms with Gasteiger partial charge < -0.3 is 4.74 Å². The van der Waals surface area contributed by atoms with Crippen LogP contribution >= 0.6 is 15.9 Å². The Kier molecular flexibility index (Phi) is 3.57. The average molecular weight is 281 g/mol. The zero-order valence-corrected chi connectivity index (χ0v) is 10.1. The Bertz CT molecular complexity index is 485. The van der Waals surface area contributed by atoms with Crippen LogP contribution < -0.4 is 4.74 Å². The number of halogens is 2. The van der Waals surface area contributed by atoms with Crippen molar-refractivity contribution in [2.75, 3.05) is 0 Å². The molecule has 1 nitrogen and oxygen atoms in total. The molecule has 0 N–H and O–H groups in total. The minimum Gasteiger partial charge on any atom is -0.454 e. The lowest BCUT2D eigenvalue weighted by Gasteiger charge is -2.07. The minimum absolute atomic E-state index is 0.245. The summed E-state index contributed by atoms with van der Waals surface area (Å²) >= 11 is 3.36. The summed E-state index contributed by atoms with van der Waals surface area (Å²) in [5.41, 5.74) is 1.09. The summed E-state index contributed by atoms with van der Waals surface area (Å²) < 4.78 is 18.8. The highest BCUT2D eigenvalue weighted by molar-refractivity contribution is 9.08. The van der Waals surface area contributed by atoms with Crippen LogP contribution in [0.4, 0.5) is 4.39 Å². The van der Waals surface area contributed by atoms with Crippen LogP contribution in [0, 0.1) is 5.82 Å². The van der Waals surface area contributed by atoms with Crippen molar-refractivity contribution in [3.63, 3.8) is 0 Å². The Morgan fingerprint density at radius 2 is 1.88 bits per heavy atom. The third kappa shape index (κ3) is 2.61. The molecule has 0 bridgehead atoms. The maximum atomic E-state index is 13.3. The molecule has 0 saturated carbocycles. The Hall–Kier alpha value is -1.35. The van der Waals surface area contributed by atoms with Gasteiger partial charge in [-0.2, -0.15) is 0 Å². The van der Waals surface area contributed by atoms with E-state index in [9.17, 15) is 4.39 Å². The maximum Gasteiger partial charge on any atom is 0.165 e. The zero-order valence-electron chi connectivity index (χ0n) is 8.49. The van der Waals surface area contributed by atoms with Gasteiger partial charge in [0.05, 0.1) is 0 Å². The predicted octanol–water partition coefficient (Wildman–Crippen LogP) is 4.51. The van der Waals surface area contributed by atoms with E-state index in [0.717, 1.165) is 10.9 Å². The van der Waals surface area contributed by atoms with E-state index in [1.165, 1.54) is 6.07 Å². The number of hydrogen-bond acceptors (Lipinski definition) is 1. The molecule has 0 fully saturated rings. The Balaban J connectivity index is 2.24. The summed E-state index contributed by atoms with van der Waals surface area (Å²) in [6, 6.07) is 13.9. The molecule has 0 atom stereocenters. The van der Waals surface area contributed by atoms with Gasteiger partial charge in [0.15, 0.2) is 11.6 Å². The van der Waals surface area contributed by atoms with Crippen molar-refractivity contribution in [3.8, 4) is 11.5 Å². The molecule has 0 aromatic heterocycles. The highest BCUT2D eigenvalue weighted by Crippen LogP contribution is 2.25. The zero-order chi connectivity index (χ0) is 11.4. The van der Waals surface area contributed by atoms with Crippen molar-refractivity contribution in [1.82, 2.24) is 0 Å². The van der Waals surface area contributed by atoms with Crippen LogP contribution in [0.25, 0.3) is 0 Å². The van der Waals surface area contributed by atoms with Gasteiger partial charge in [-0.25, -0.2) is 4.39 Å². The standard InChI is InChI=1S/C13H10BrFO/c14-9-10-4-3-5-11(8-10)16-13-7-2-1-6-12(13)15/h1-8H,9H2. The molecule has 0 aliphatic rings. The van der Waals surface area contributed by atoms with E-state index in [4.69, 9.17) is 4.74 Å². The summed E-state index contributed by atoms with van der Waals surface area (Å²) in [5, 5.41) is 0.751. The van der Waals surface area contributed by atoms with Crippen molar-refractivity contribution in [3.05, 3.63) is 59.9 Å². The molecule has 0 saturated heterocycles. The van der Waals surface area contributed by atoms with Gasteiger partial charge in [0.25, 0.3) is 0 Å². The van der Waals surface area contributed by atoms with Gasteiger partial charge in [-0.05, 0) is 29.8 Å². The van der Waals surface area contributed by atoms with Crippen LogP contribution in [0.5, 0.6) is 11.5 Å². The molecule has 0 aliphatic heterocycles. The Labute approximate surface area is 102 Å².